The number of carbonyl (C=O) groups excluding carboxylic acids is 1. The van der Waals surface area contributed by atoms with Gasteiger partial charge in [0.15, 0.2) is 0 Å². The lowest BCUT2D eigenvalue weighted by Crippen LogP contribution is -2.47. The average Bonchev–Trinajstić information content (AvgIpc) is 2.91. The maximum atomic E-state index is 12.0. The highest BCUT2D eigenvalue weighted by Gasteiger charge is 2.27. The van der Waals surface area contributed by atoms with Crippen molar-refractivity contribution in [1.82, 2.24) is 25.4 Å². The monoisotopic (exact) mass is 295 g/mol. The lowest BCUT2D eigenvalue weighted by molar-refractivity contribution is 0.0196. The zero-order chi connectivity index (χ0) is 15.5. The number of piperidine rings is 1. The van der Waals surface area contributed by atoms with Crippen molar-refractivity contribution in [2.45, 2.75) is 58.2 Å². The van der Waals surface area contributed by atoms with E-state index in [1.54, 1.807) is 4.90 Å². The molecule has 118 valence electrons. The molecule has 1 unspecified atom stereocenters. The Morgan fingerprint density at radius 2 is 2.14 bits per heavy atom. The molecule has 0 saturated carbocycles. The Bertz CT molecular complexity index is 446. The van der Waals surface area contributed by atoms with Crippen molar-refractivity contribution in [3.8, 4) is 0 Å². The number of H-pyrrole nitrogens is 1. The number of ether oxygens (including phenoxy) is 1. The minimum atomic E-state index is -0.438. The third-order valence-corrected chi connectivity index (χ3v) is 3.48. The van der Waals surface area contributed by atoms with Crippen molar-refractivity contribution >= 4 is 6.09 Å². The molecular weight excluding hydrogens is 270 g/mol. The van der Waals surface area contributed by atoms with Gasteiger partial charge in [-0.1, -0.05) is 0 Å². The van der Waals surface area contributed by atoms with Crippen molar-refractivity contribution < 1.29 is 9.53 Å². The molecule has 1 aliphatic heterocycles. The Morgan fingerprint density at radius 3 is 2.67 bits per heavy atom. The Balaban J connectivity index is 1.77. The van der Waals surface area contributed by atoms with Crippen LogP contribution in [0.4, 0.5) is 4.79 Å². The summed E-state index contributed by atoms with van der Waals surface area (Å²) in [5.74, 6) is 0.838. The van der Waals surface area contributed by atoms with Gasteiger partial charge >= 0.3 is 6.09 Å². The number of hydrogen-bond donors (Lipinski definition) is 2. The van der Waals surface area contributed by atoms with Crippen LogP contribution < -0.4 is 5.32 Å². The van der Waals surface area contributed by atoms with Crippen molar-refractivity contribution in [1.29, 1.82) is 0 Å². The highest BCUT2D eigenvalue weighted by atomic mass is 16.6. The van der Waals surface area contributed by atoms with Gasteiger partial charge in [0.2, 0.25) is 0 Å². The number of carbonyl (C=O) groups is 1. The first-order chi connectivity index (χ1) is 9.85. The molecule has 21 heavy (non-hydrogen) atoms. The van der Waals surface area contributed by atoms with Gasteiger partial charge in [0, 0.05) is 19.1 Å². The predicted molar refractivity (Wildman–Crippen MR) is 78.8 cm³/mol. The standard InChI is InChI=1S/C14H25N5O2/c1-10(12-15-9-16-18-12)17-11-5-7-19(8-6-11)13(20)21-14(2,3)4/h9-11,17H,5-8H2,1-4H3,(H,15,16,18). The topological polar surface area (TPSA) is 83.1 Å². The molecule has 2 rings (SSSR count). The summed E-state index contributed by atoms with van der Waals surface area (Å²) in [6, 6.07) is 0.509. The van der Waals surface area contributed by atoms with E-state index in [0.717, 1.165) is 31.8 Å². The summed E-state index contributed by atoms with van der Waals surface area (Å²) in [6.45, 7) is 9.15. The number of aromatic amines is 1. The van der Waals surface area contributed by atoms with Crippen LogP contribution in [-0.2, 0) is 4.74 Å². The molecular formula is C14H25N5O2. The molecule has 2 heterocycles. The maximum Gasteiger partial charge on any atom is 0.410 e. The minimum Gasteiger partial charge on any atom is -0.444 e. The molecule has 1 aromatic heterocycles. The molecule has 0 bridgehead atoms. The first kappa shape index (κ1) is 15.8. The van der Waals surface area contributed by atoms with Crippen molar-refractivity contribution in [3.63, 3.8) is 0 Å². The smallest absolute Gasteiger partial charge is 0.410 e. The molecule has 1 aliphatic rings. The molecule has 2 N–H and O–H groups in total. The summed E-state index contributed by atoms with van der Waals surface area (Å²) >= 11 is 0. The van der Waals surface area contributed by atoms with E-state index < -0.39 is 5.60 Å². The highest BCUT2D eigenvalue weighted by molar-refractivity contribution is 5.68. The van der Waals surface area contributed by atoms with E-state index in [9.17, 15) is 4.79 Å². The van der Waals surface area contributed by atoms with Crippen LogP contribution in [0.2, 0.25) is 0 Å². The molecule has 7 nitrogen and oxygen atoms in total. The van der Waals surface area contributed by atoms with Gasteiger partial charge in [0.25, 0.3) is 0 Å². The molecule has 1 fully saturated rings. The fraction of sp³-hybridized carbons (Fsp3) is 0.786. The molecule has 1 atom stereocenters. The van der Waals surface area contributed by atoms with Crippen molar-refractivity contribution in [2.24, 2.45) is 0 Å². The van der Waals surface area contributed by atoms with Gasteiger partial charge < -0.3 is 15.0 Å². The SMILES string of the molecule is CC(NC1CCN(C(=O)OC(C)(C)C)CC1)c1ncn[nH]1. The van der Waals surface area contributed by atoms with Gasteiger partial charge in [-0.15, -0.1) is 0 Å². The summed E-state index contributed by atoms with van der Waals surface area (Å²) in [5, 5.41) is 10.2. The second kappa shape index (κ2) is 6.43. The van der Waals surface area contributed by atoms with Crippen LogP contribution in [0.3, 0.4) is 0 Å². The second-order valence-electron chi connectivity index (χ2n) is 6.50. The van der Waals surface area contributed by atoms with E-state index in [1.807, 2.05) is 20.8 Å². The molecule has 0 aromatic carbocycles. The predicted octanol–water partition coefficient (Wildman–Crippen LogP) is 1.85. The van der Waals surface area contributed by atoms with Gasteiger partial charge in [0.05, 0.1) is 6.04 Å². The first-order valence-corrected chi connectivity index (χ1v) is 7.44. The Kier molecular flexibility index (Phi) is 4.82. The van der Waals surface area contributed by atoms with E-state index in [1.165, 1.54) is 6.33 Å². The van der Waals surface area contributed by atoms with Crippen LogP contribution >= 0.6 is 0 Å². The lowest BCUT2D eigenvalue weighted by atomic mass is 10.0. The molecule has 0 radical (unpaired) electrons. The van der Waals surface area contributed by atoms with E-state index in [-0.39, 0.29) is 12.1 Å². The van der Waals surface area contributed by atoms with Crippen molar-refractivity contribution in [3.05, 3.63) is 12.2 Å². The number of aromatic nitrogens is 3. The van der Waals surface area contributed by atoms with Crippen molar-refractivity contribution in [2.75, 3.05) is 13.1 Å². The minimum absolute atomic E-state index is 0.130. The average molecular weight is 295 g/mol. The Hall–Kier alpha value is -1.63. The fourth-order valence-electron chi connectivity index (χ4n) is 2.41. The van der Waals surface area contributed by atoms with Gasteiger partial charge in [-0.25, -0.2) is 9.78 Å². The van der Waals surface area contributed by atoms with E-state index in [2.05, 4.69) is 27.4 Å². The summed E-state index contributed by atoms with van der Waals surface area (Å²) in [6.07, 6.45) is 3.12. The third-order valence-electron chi connectivity index (χ3n) is 3.48. The van der Waals surface area contributed by atoms with Gasteiger partial charge in [-0.05, 0) is 40.5 Å². The number of hydrogen-bond acceptors (Lipinski definition) is 5. The third kappa shape index (κ3) is 4.70. The van der Waals surface area contributed by atoms with Gasteiger partial charge in [-0.3, -0.25) is 5.10 Å². The normalized spacial score (nSPS) is 18.6. The molecule has 0 aliphatic carbocycles. The summed E-state index contributed by atoms with van der Waals surface area (Å²) in [7, 11) is 0. The van der Waals surface area contributed by atoms with Gasteiger partial charge in [0.1, 0.15) is 17.8 Å². The van der Waals surface area contributed by atoms with Crippen LogP contribution in [-0.4, -0.2) is 50.9 Å². The zero-order valence-corrected chi connectivity index (χ0v) is 13.2. The summed E-state index contributed by atoms with van der Waals surface area (Å²) < 4.78 is 5.40. The number of amides is 1. The molecule has 7 heteroatoms. The highest BCUT2D eigenvalue weighted by Crippen LogP contribution is 2.17. The van der Waals surface area contributed by atoms with E-state index >= 15 is 0 Å². The molecule has 0 spiro atoms. The Morgan fingerprint density at radius 1 is 1.48 bits per heavy atom. The number of nitrogens with one attached hydrogen (secondary N) is 2. The molecule has 1 aromatic rings. The zero-order valence-electron chi connectivity index (χ0n) is 13.2. The summed E-state index contributed by atoms with van der Waals surface area (Å²) in [4.78, 5) is 17.9. The number of nitrogens with zero attached hydrogens (tertiary/aromatic N) is 3. The van der Waals surface area contributed by atoms with Crippen LogP contribution in [0.15, 0.2) is 6.33 Å². The van der Waals surface area contributed by atoms with Crippen LogP contribution in [0.1, 0.15) is 52.4 Å². The lowest BCUT2D eigenvalue weighted by Gasteiger charge is -2.34. The largest absolute Gasteiger partial charge is 0.444 e. The quantitative estimate of drug-likeness (QED) is 0.889. The summed E-state index contributed by atoms with van der Waals surface area (Å²) in [5.41, 5.74) is -0.438. The van der Waals surface area contributed by atoms with Crippen LogP contribution in [0.5, 0.6) is 0 Å². The number of rotatable bonds is 3. The first-order valence-electron chi connectivity index (χ1n) is 7.44. The fourth-order valence-corrected chi connectivity index (χ4v) is 2.41. The van der Waals surface area contributed by atoms with Gasteiger partial charge in [-0.2, -0.15) is 5.10 Å². The Labute approximate surface area is 125 Å². The second-order valence-corrected chi connectivity index (χ2v) is 6.50. The van der Waals surface area contributed by atoms with Crippen LogP contribution in [0, 0.1) is 0 Å². The van der Waals surface area contributed by atoms with Crippen LogP contribution in [0.25, 0.3) is 0 Å². The molecule has 1 saturated heterocycles. The van der Waals surface area contributed by atoms with E-state index in [0.29, 0.717) is 6.04 Å². The molecule has 1 amide bonds. The number of likely N-dealkylation sites (tertiary alicyclic amines) is 1. The van der Waals surface area contributed by atoms with E-state index in [4.69, 9.17) is 4.74 Å². The maximum absolute atomic E-state index is 12.0.